The maximum Gasteiger partial charge on any atom is 0.329 e. The zero-order valence-electron chi connectivity index (χ0n) is 5.16. The fourth-order valence-electron chi connectivity index (χ4n) is 0.0745. The molecule has 0 saturated heterocycles. The lowest BCUT2D eigenvalue weighted by Crippen LogP contribution is -1.75. The Morgan fingerprint density at radius 2 is 1.50 bits per heavy atom. The van der Waals surface area contributed by atoms with Crippen LogP contribution in [-0.2, 0) is 9.05 Å². The third-order valence-corrected chi connectivity index (χ3v) is 0.937. The van der Waals surface area contributed by atoms with Crippen molar-refractivity contribution in [3.8, 4) is 0 Å². The standard InChI is InChI=1S/C2H7O3P.CH4S/c1-4-6(3)5-2;1-2/h3H,1-2H3;2H,1H3. The minimum absolute atomic E-state index is 1.38. The first-order valence-electron chi connectivity index (χ1n) is 1.83. The van der Waals surface area contributed by atoms with Crippen LogP contribution in [0.15, 0.2) is 0 Å². The summed E-state index contributed by atoms with van der Waals surface area (Å²) < 4.78 is 8.59. The monoisotopic (exact) mass is 158 g/mol. The molecule has 0 aromatic rings. The summed E-state index contributed by atoms with van der Waals surface area (Å²) in [5.41, 5.74) is 0. The Hall–Kier alpha value is 0.660. The molecule has 0 heterocycles. The van der Waals surface area contributed by atoms with Crippen LogP contribution in [0.1, 0.15) is 0 Å². The van der Waals surface area contributed by atoms with Crippen molar-refractivity contribution < 1.29 is 13.9 Å². The Morgan fingerprint density at radius 1 is 1.25 bits per heavy atom. The highest BCUT2D eigenvalue weighted by atomic mass is 32.1. The van der Waals surface area contributed by atoms with Crippen LogP contribution in [-0.4, -0.2) is 25.4 Å². The lowest BCUT2D eigenvalue weighted by atomic mass is 11.8. The van der Waals surface area contributed by atoms with E-state index < -0.39 is 8.60 Å². The molecule has 0 unspecified atom stereocenters. The van der Waals surface area contributed by atoms with Gasteiger partial charge in [-0.05, 0) is 6.26 Å². The molecule has 0 aliphatic heterocycles. The smallest absolute Gasteiger partial charge is 0.328 e. The quantitative estimate of drug-likeness (QED) is 0.466. The average Bonchev–Trinajstić information content (AvgIpc) is 1.91. The van der Waals surface area contributed by atoms with Crippen molar-refractivity contribution in [1.29, 1.82) is 0 Å². The second kappa shape index (κ2) is 10.6. The van der Waals surface area contributed by atoms with Crippen molar-refractivity contribution in [3.05, 3.63) is 0 Å². The van der Waals surface area contributed by atoms with Crippen molar-refractivity contribution in [2.24, 2.45) is 0 Å². The van der Waals surface area contributed by atoms with Gasteiger partial charge in [0.15, 0.2) is 0 Å². The van der Waals surface area contributed by atoms with Gasteiger partial charge in [0, 0.05) is 14.2 Å². The van der Waals surface area contributed by atoms with Crippen molar-refractivity contribution in [2.45, 2.75) is 0 Å². The summed E-state index contributed by atoms with van der Waals surface area (Å²) >= 11 is 3.53. The van der Waals surface area contributed by atoms with Crippen molar-refractivity contribution in [2.75, 3.05) is 20.5 Å². The van der Waals surface area contributed by atoms with E-state index in [0.29, 0.717) is 0 Å². The summed E-state index contributed by atoms with van der Waals surface area (Å²) in [5.74, 6) is 0. The van der Waals surface area contributed by atoms with Crippen LogP contribution in [0.2, 0.25) is 0 Å². The molecule has 0 rings (SSSR count). The number of thiol groups is 1. The van der Waals surface area contributed by atoms with E-state index in [4.69, 9.17) is 4.89 Å². The van der Waals surface area contributed by atoms with E-state index in [9.17, 15) is 0 Å². The molecular weight excluding hydrogens is 147 g/mol. The van der Waals surface area contributed by atoms with Crippen LogP contribution in [0, 0.1) is 0 Å². The highest BCUT2D eigenvalue weighted by Gasteiger charge is 1.94. The third kappa shape index (κ3) is 9.83. The summed E-state index contributed by atoms with van der Waals surface area (Å²) in [6.45, 7) is 0. The van der Waals surface area contributed by atoms with Crippen LogP contribution in [0.25, 0.3) is 0 Å². The molecule has 3 nitrogen and oxygen atoms in total. The zero-order chi connectivity index (χ0) is 6.99. The van der Waals surface area contributed by atoms with Crippen LogP contribution in [0.5, 0.6) is 0 Å². The third-order valence-electron chi connectivity index (χ3n) is 0.312. The molecule has 0 aromatic heterocycles. The summed E-state index contributed by atoms with van der Waals surface area (Å²) in [4.78, 5) is 8.29. The molecule has 0 bridgehead atoms. The summed E-state index contributed by atoms with van der Waals surface area (Å²) in [7, 11) is 1.19. The molecule has 0 aliphatic rings. The van der Waals surface area contributed by atoms with Gasteiger partial charge >= 0.3 is 8.60 Å². The molecule has 0 aliphatic carbocycles. The van der Waals surface area contributed by atoms with Crippen molar-refractivity contribution in [1.82, 2.24) is 0 Å². The Labute approximate surface area is 56.4 Å². The second-order valence-electron chi connectivity index (χ2n) is 0.603. The molecule has 0 aromatic carbocycles. The summed E-state index contributed by atoms with van der Waals surface area (Å²) in [6.07, 6.45) is 1.69. The first-order valence-corrected chi connectivity index (χ1v) is 3.85. The first kappa shape index (κ1) is 11.5. The lowest BCUT2D eigenvalue weighted by molar-refractivity contribution is 0.271. The van der Waals surface area contributed by atoms with Gasteiger partial charge in [-0.2, -0.15) is 12.6 Å². The zero-order valence-corrected chi connectivity index (χ0v) is 6.95. The number of rotatable bonds is 2. The highest BCUT2D eigenvalue weighted by Crippen LogP contribution is 2.28. The molecule has 0 atom stereocenters. The van der Waals surface area contributed by atoms with E-state index in [0.717, 1.165) is 0 Å². The molecule has 0 radical (unpaired) electrons. The van der Waals surface area contributed by atoms with Gasteiger partial charge in [0.25, 0.3) is 0 Å². The Morgan fingerprint density at radius 3 is 1.50 bits per heavy atom. The Balaban J connectivity index is 0. The maximum atomic E-state index is 8.29. The molecule has 5 heteroatoms. The van der Waals surface area contributed by atoms with Gasteiger partial charge < -0.3 is 13.9 Å². The van der Waals surface area contributed by atoms with Crippen LogP contribution in [0.3, 0.4) is 0 Å². The SMILES string of the molecule is COP(O)OC.CS. The van der Waals surface area contributed by atoms with Gasteiger partial charge in [0.2, 0.25) is 0 Å². The molecule has 0 saturated carbocycles. The van der Waals surface area contributed by atoms with Crippen LogP contribution < -0.4 is 0 Å². The minimum atomic E-state index is -1.58. The van der Waals surface area contributed by atoms with E-state index in [1.807, 2.05) is 0 Å². The normalized spacial score (nSPS) is 8.25. The van der Waals surface area contributed by atoms with Gasteiger partial charge in [-0.3, -0.25) is 0 Å². The van der Waals surface area contributed by atoms with E-state index in [-0.39, 0.29) is 0 Å². The molecular formula is C3H11O3PS. The van der Waals surface area contributed by atoms with Gasteiger partial charge in [0.05, 0.1) is 0 Å². The molecule has 0 spiro atoms. The Kier molecular flexibility index (Phi) is 15.2. The highest BCUT2D eigenvalue weighted by molar-refractivity contribution is 7.79. The van der Waals surface area contributed by atoms with Gasteiger partial charge in [-0.15, -0.1) is 0 Å². The van der Waals surface area contributed by atoms with Gasteiger partial charge in [0.1, 0.15) is 0 Å². The lowest BCUT2D eigenvalue weighted by Gasteiger charge is -1.98. The van der Waals surface area contributed by atoms with Crippen LogP contribution >= 0.6 is 21.2 Å². The van der Waals surface area contributed by atoms with Gasteiger partial charge in [-0.25, -0.2) is 0 Å². The summed E-state index contributed by atoms with van der Waals surface area (Å²) in [5, 5.41) is 0. The predicted octanol–water partition coefficient (Wildman–Crippen LogP) is 1.04. The Bertz CT molecular complexity index is 33.7. The van der Waals surface area contributed by atoms with E-state index in [2.05, 4.69) is 21.7 Å². The molecule has 8 heavy (non-hydrogen) atoms. The van der Waals surface area contributed by atoms with Crippen molar-refractivity contribution in [3.63, 3.8) is 0 Å². The topological polar surface area (TPSA) is 38.7 Å². The molecule has 52 valence electrons. The van der Waals surface area contributed by atoms with Crippen LogP contribution in [0.4, 0.5) is 0 Å². The largest absolute Gasteiger partial charge is 0.329 e. The van der Waals surface area contributed by atoms with E-state index >= 15 is 0 Å². The average molecular weight is 158 g/mol. The maximum absolute atomic E-state index is 8.29. The molecule has 0 amide bonds. The predicted molar refractivity (Wildman–Crippen MR) is 38.1 cm³/mol. The van der Waals surface area contributed by atoms with E-state index in [1.54, 1.807) is 6.26 Å². The minimum Gasteiger partial charge on any atom is -0.328 e. The number of hydrogen-bond donors (Lipinski definition) is 2. The number of hydrogen-bond acceptors (Lipinski definition) is 4. The summed E-state index contributed by atoms with van der Waals surface area (Å²) in [6, 6.07) is 0. The fourth-order valence-corrected chi connectivity index (χ4v) is 0.224. The molecule has 1 N–H and O–H groups in total. The first-order chi connectivity index (χ1) is 3.81. The fraction of sp³-hybridized carbons (Fsp3) is 1.00. The molecule has 0 fully saturated rings. The second-order valence-corrected chi connectivity index (χ2v) is 1.81. The van der Waals surface area contributed by atoms with Crippen molar-refractivity contribution >= 4 is 21.2 Å². The van der Waals surface area contributed by atoms with Gasteiger partial charge in [-0.1, -0.05) is 0 Å². The van der Waals surface area contributed by atoms with E-state index in [1.165, 1.54) is 14.2 Å².